The Hall–Kier alpha value is -1.85. The van der Waals surface area contributed by atoms with Crippen LogP contribution in [0.5, 0.6) is 5.75 Å². The highest BCUT2D eigenvalue weighted by atomic mass is 32.2. The number of ether oxygens (including phenoxy) is 1. The lowest BCUT2D eigenvalue weighted by molar-refractivity contribution is 0.414. The van der Waals surface area contributed by atoms with Gasteiger partial charge >= 0.3 is 0 Å². The predicted molar refractivity (Wildman–Crippen MR) is 94.9 cm³/mol. The molecule has 0 radical (unpaired) electrons. The molecular weight excluding hydrogens is 322 g/mol. The predicted octanol–water partition coefficient (Wildman–Crippen LogP) is 3.44. The Bertz CT molecular complexity index is 782. The van der Waals surface area contributed by atoms with Crippen LogP contribution in [0.1, 0.15) is 30.4 Å². The normalized spacial score (nSPS) is 18.7. The van der Waals surface area contributed by atoms with Gasteiger partial charge in [-0.3, -0.25) is 0 Å². The summed E-state index contributed by atoms with van der Waals surface area (Å²) in [6, 6.07) is 15.1. The summed E-state index contributed by atoms with van der Waals surface area (Å²) in [5.41, 5.74) is 2.31. The highest BCUT2D eigenvalue weighted by Gasteiger charge is 2.33. The van der Waals surface area contributed by atoms with Crippen molar-refractivity contribution in [3.63, 3.8) is 0 Å². The molecule has 1 heterocycles. The van der Waals surface area contributed by atoms with Gasteiger partial charge in [-0.15, -0.1) is 0 Å². The van der Waals surface area contributed by atoms with E-state index in [1.807, 2.05) is 36.4 Å². The minimum absolute atomic E-state index is 0.237. The van der Waals surface area contributed by atoms with Crippen LogP contribution in [0.25, 0.3) is 0 Å². The van der Waals surface area contributed by atoms with Crippen LogP contribution in [-0.2, 0) is 16.4 Å². The van der Waals surface area contributed by atoms with Crippen LogP contribution < -0.4 is 4.74 Å². The first-order chi connectivity index (χ1) is 11.5. The van der Waals surface area contributed by atoms with E-state index in [9.17, 15) is 8.42 Å². The summed E-state index contributed by atoms with van der Waals surface area (Å²) in [6.07, 6.45) is 1.75. The van der Waals surface area contributed by atoms with Crippen LogP contribution in [0.2, 0.25) is 0 Å². The van der Waals surface area contributed by atoms with Crippen molar-refractivity contribution < 1.29 is 13.2 Å². The second kappa shape index (κ2) is 6.95. The Labute approximate surface area is 144 Å². The smallest absolute Gasteiger partial charge is 0.243 e. The monoisotopic (exact) mass is 345 g/mol. The van der Waals surface area contributed by atoms with E-state index in [0.29, 0.717) is 18.0 Å². The molecule has 1 saturated heterocycles. The molecule has 0 aromatic heterocycles. The zero-order chi connectivity index (χ0) is 17.2. The van der Waals surface area contributed by atoms with Gasteiger partial charge in [-0.2, -0.15) is 4.31 Å². The van der Waals surface area contributed by atoms with E-state index < -0.39 is 10.0 Å². The zero-order valence-corrected chi connectivity index (χ0v) is 14.9. The largest absolute Gasteiger partial charge is 0.497 e. The Morgan fingerprint density at radius 3 is 2.33 bits per heavy atom. The van der Waals surface area contributed by atoms with E-state index >= 15 is 0 Å². The summed E-state index contributed by atoms with van der Waals surface area (Å²) in [5.74, 6) is 1.05. The maximum Gasteiger partial charge on any atom is 0.243 e. The number of nitrogens with zero attached hydrogens (tertiary/aromatic N) is 1. The number of aryl methyl sites for hydroxylation is 1. The van der Waals surface area contributed by atoms with Crippen LogP contribution in [0.15, 0.2) is 53.4 Å². The third kappa shape index (κ3) is 3.32. The van der Waals surface area contributed by atoms with Gasteiger partial charge in [-0.25, -0.2) is 8.42 Å². The standard InChI is InChI=1S/C19H23NO3S/c1-3-15-4-10-19(11-5-15)24(21,22)20-13-12-17(14-20)16-6-8-18(23-2)9-7-16/h4-11,17H,3,12-14H2,1-2H3. The third-order valence-electron chi connectivity index (χ3n) is 4.71. The Morgan fingerprint density at radius 1 is 1.08 bits per heavy atom. The lowest BCUT2D eigenvalue weighted by Crippen LogP contribution is -2.28. The minimum Gasteiger partial charge on any atom is -0.497 e. The maximum atomic E-state index is 12.8. The van der Waals surface area contributed by atoms with Crippen LogP contribution in [-0.4, -0.2) is 32.9 Å². The molecule has 0 N–H and O–H groups in total. The van der Waals surface area contributed by atoms with Crippen molar-refractivity contribution in [1.82, 2.24) is 4.31 Å². The van der Waals surface area contributed by atoms with E-state index in [4.69, 9.17) is 4.74 Å². The Morgan fingerprint density at radius 2 is 1.75 bits per heavy atom. The second-order valence-corrected chi connectivity index (χ2v) is 8.06. The van der Waals surface area contributed by atoms with Crippen molar-refractivity contribution in [2.75, 3.05) is 20.2 Å². The molecular formula is C19H23NO3S. The molecule has 128 valence electrons. The molecule has 0 aliphatic carbocycles. The van der Waals surface area contributed by atoms with Gasteiger partial charge in [-0.05, 0) is 54.2 Å². The summed E-state index contributed by atoms with van der Waals surface area (Å²) in [7, 11) is -1.77. The van der Waals surface area contributed by atoms with E-state index in [1.54, 1.807) is 23.5 Å². The number of benzene rings is 2. The first-order valence-electron chi connectivity index (χ1n) is 8.27. The average Bonchev–Trinajstić information content (AvgIpc) is 3.13. The highest BCUT2D eigenvalue weighted by molar-refractivity contribution is 7.89. The van der Waals surface area contributed by atoms with Gasteiger partial charge in [0.2, 0.25) is 10.0 Å². The van der Waals surface area contributed by atoms with Gasteiger partial charge in [0.05, 0.1) is 12.0 Å². The van der Waals surface area contributed by atoms with Crippen molar-refractivity contribution in [3.05, 3.63) is 59.7 Å². The average molecular weight is 345 g/mol. The van der Waals surface area contributed by atoms with Gasteiger partial charge < -0.3 is 4.74 Å². The topological polar surface area (TPSA) is 46.6 Å². The maximum absolute atomic E-state index is 12.8. The van der Waals surface area contributed by atoms with Crippen molar-refractivity contribution in [2.24, 2.45) is 0 Å². The third-order valence-corrected chi connectivity index (χ3v) is 6.59. The molecule has 4 nitrogen and oxygen atoms in total. The SMILES string of the molecule is CCc1ccc(S(=O)(=O)N2CCC(c3ccc(OC)cc3)C2)cc1. The number of hydrogen-bond donors (Lipinski definition) is 0. The summed E-state index contributed by atoms with van der Waals surface area (Å²) in [4.78, 5) is 0.384. The first kappa shape index (κ1) is 17.0. The van der Waals surface area contributed by atoms with Crippen molar-refractivity contribution in [3.8, 4) is 5.75 Å². The van der Waals surface area contributed by atoms with Gasteiger partial charge in [0.15, 0.2) is 0 Å². The van der Waals surface area contributed by atoms with Crippen LogP contribution in [0.3, 0.4) is 0 Å². The summed E-state index contributed by atoms with van der Waals surface area (Å²) < 4.78 is 32.4. The zero-order valence-electron chi connectivity index (χ0n) is 14.1. The molecule has 1 fully saturated rings. The van der Waals surface area contributed by atoms with Gasteiger partial charge in [0.25, 0.3) is 0 Å². The second-order valence-electron chi connectivity index (χ2n) is 6.12. The Balaban J connectivity index is 1.75. The number of sulfonamides is 1. The fraction of sp³-hybridized carbons (Fsp3) is 0.368. The Kier molecular flexibility index (Phi) is 4.92. The van der Waals surface area contributed by atoms with Gasteiger partial charge in [0, 0.05) is 13.1 Å². The van der Waals surface area contributed by atoms with Gasteiger partial charge in [-0.1, -0.05) is 31.2 Å². The molecule has 24 heavy (non-hydrogen) atoms. The van der Waals surface area contributed by atoms with Crippen LogP contribution in [0, 0.1) is 0 Å². The molecule has 2 aromatic rings. The van der Waals surface area contributed by atoms with E-state index in [2.05, 4.69) is 6.92 Å². The van der Waals surface area contributed by atoms with Crippen LogP contribution >= 0.6 is 0 Å². The number of hydrogen-bond acceptors (Lipinski definition) is 3. The molecule has 0 saturated carbocycles. The molecule has 1 aliphatic heterocycles. The first-order valence-corrected chi connectivity index (χ1v) is 9.71. The molecule has 5 heteroatoms. The molecule has 0 amide bonds. The highest BCUT2D eigenvalue weighted by Crippen LogP contribution is 2.31. The van der Waals surface area contributed by atoms with Crippen molar-refractivity contribution in [2.45, 2.75) is 30.6 Å². The fourth-order valence-corrected chi connectivity index (χ4v) is 4.64. The molecule has 0 spiro atoms. The number of rotatable bonds is 5. The summed E-state index contributed by atoms with van der Waals surface area (Å²) in [5, 5.41) is 0. The molecule has 2 aromatic carbocycles. The lowest BCUT2D eigenvalue weighted by Gasteiger charge is -2.17. The molecule has 1 aliphatic rings. The lowest BCUT2D eigenvalue weighted by atomic mass is 9.99. The quantitative estimate of drug-likeness (QED) is 0.834. The minimum atomic E-state index is -3.41. The van der Waals surface area contributed by atoms with Crippen LogP contribution in [0.4, 0.5) is 0 Å². The number of methoxy groups -OCH3 is 1. The fourth-order valence-electron chi connectivity index (χ4n) is 3.14. The molecule has 1 atom stereocenters. The van der Waals surface area contributed by atoms with E-state index in [0.717, 1.165) is 29.7 Å². The van der Waals surface area contributed by atoms with Gasteiger partial charge in [0.1, 0.15) is 5.75 Å². The summed E-state index contributed by atoms with van der Waals surface area (Å²) in [6.45, 7) is 3.15. The summed E-state index contributed by atoms with van der Waals surface area (Å²) >= 11 is 0. The molecule has 0 bridgehead atoms. The molecule has 1 unspecified atom stereocenters. The molecule has 3 rings (SSSR count). The van der Waals surface area contributed by atoms with E-state index in [-0.39, 0.29) is 5.92 Å². The van der Waals surface area contributed by atoms with Crippen molar-refractivity contribution in [1.29, 1.82) is 0 Å². The van der Waals surface area contributed by atoms with Crippen molar-refractivity contribution >= 4 is 10.0 Å². The van der Waals surface area contributed by atoms with E-state index in [1.165, 1.54) is 0 Å².